The summed E-state index contributed by atoms with van der Waals surface area (Å²) in [5, 5.41) is 3.00. The van der Waals surface area contributed by atoms with Gasteiger partial charge in [0.25, 0.3) is 0 Å². The number of ether oxygens (including phenoxy) is 1. The minimum absolute atomic E-state index is 0.0483. The van der Waals surface area contributed by atoms with E-state index in [9.17, 15) is 4.79 Å². The van der Waals surface area contributed by atoms with Gasteiger partial charge in [0.15, 0.2) is 0 Å². The molecule has 0 spiro atoms. The lowest BCUT2D eigenvalue weighted by atomic mass is 9.96. The first-order chi connectivity index (χ1) is 9.65. The van der Waals surface area contributed by atoms with Crippen LogP contribution in [0.5, 0.6) is 0 Å². The monoisotopic (exact) mass is 277 g/mol. The van der Waals surface area contributed by atoms with Crippen molar-refractivity contribution in [3.63, 3.8) is 0 Å². The molecule has 0 aliphatic carbocycles. The molecule has 1 unspecified atom stereocenters. The highest BCUT2D eigenvalue weighted by molar-refractivity contribution is 5.83. The van der Waals surface area contributed by atoms with Crippen molar-refractivity contribution in [1.29, 1.82) is 0 Å². The van der Waals surface area contributed by atoms with Crippen LogP contribution in [0, 0.1) is 5.92 Å². The van der Waals surface area contributed by atoms with Gasteiger partial charge in [-0.1, -0.05) is 51.1 Å². The Hall–Kier alpha value is -1.35. The molecule has 1 aromatic rings. The smallest absolute Gasteiger partial charge is 0.227 e. The van der Waals surface area contributed by atoms with Crippen molar-refractivity contribution in [2.24, 2.45) is 5.92 Å². The van der Waals surface area contributed by atoms with Crippen molar-refractivity contribution >= 4 is 5.91 Å². The topological polar surface area (TPSA) is 38.3 Å². The number of rotatable bonds is 9. The number of benzene rings is 1. The van der Waals surface area contributed by atoms with Crippen LogP contribution in [0.1, 0.15) is 45.1 Å². The second-order valence-electron chi connectivity index (χ2n) is 5.48. The van der Waals surface area contributed by atoms with Gasteiger partial charge >= 0.3 is 0 Å². The highest BCUT2D eigenvalue weighted by Crippen LogP contribution is 2.18. The predicted molar refractivity (Wildman–Crippen MR) is 82.8 cm³/mol. The van der Waals surface area contributed by atoms with Gasteiger partial charge < -0.3 is 10.1 Å². The van der Waals surface area contributed by atoms with Gasteiger partial charge in [0.1, 0.15) is 0 Å². The first-order valence-electron chi connectivity index (χ1n) is 7.55. The quantitative estimate of drug-likeness (QED) is 0.703. The Morgan fingerprint density at radius 2 is 1.95 bits per heavy atom. The summed E-state index contributed by atoms with van der Waals surface area (Å²) in [5.74, 6) is 0.627. The van der Waals surface area contributed by atoms with Gasteiger partial charge in [-0.15, -0.1) is 0 Å². The maximum atomic E-state index is 12.2. The molecular weight excluding hydrogens is 250 g/mol. The van der Waals surface area contributed by atoms with Crippen LogP contribution in [0.4, 0.5) is 0 Å². The highest BCUT2D eigenvalue weighted by Gasteiger charge is 2.17. The summed E-state index contributed by atoms with van der Waals surface area (Å²) < 4.78 is 5.50. The Balaban J connectivity index is 2.27. The molecule has 0 aliphatic rings. The Morgan fingerprint density at radius 1 is 1.25 bits per heavy atom. The summed E-state index contributed by atoms with van der Waals surface area (Å²) in [6.07, 6.45) is 1.68. The van der Waals surface area contributed by atoms with Crippen LogP contribution >= 0.6 is 0 Å². The van der Waals surface area contributed by atoms with Gasteiger partial charge in [-0.3, -0.25) is 4.79 Å². The zero-order chi connectivity index (χ0) is 14.8. The number of hydrogen-bond donors (Lipinski definition) is 1. The minimum Gasteiger partial charge on any atom is -0.381 e. The third-order valence-corrected chi connectivity index (χ3v) is 3.14. The third-order valence-electron chi connectivity index (χ3n) is 3.14. The fourth-order valence-electron chi connectivity index (χ4n) is 2.09. The van der Waals surface area contributed by atoms with E-state index in [1.54, 1.807) is 0 Å². The van der Waals surface area contributed by atoms with Gasteiger partial charge in [0, 0.05) is 19.8 Å². The average molecular weight is 277 g/mol. The summed E-state index contributed by atoms with van der Waals surface area (Å²) in [4.78, 5) is 12.2. The minimum atomic E-state index is -0.0483. The van der Waals surface area contributed by atoms with Gasteiger partial charge in [-0.2, -0.15) is 0 Å². The Bertz CT molecular complexity index is 376. The van der Waals surface area contributed by atoms with Crippen molar-refractivity contribution in [3.8, 4) is 0 Å². The summed E-state index contributed by atoms with van der Waals surface area (Å²) in [6.45, 7) is 8.49. The zero-order valence-corrected chi connectivity index (χ0v) is 12.9. The molecule has 0 aromatic heterocycles. The van der Waals surface area contributed by atoms with Crippen molar-refractivity contribution in [2.45, 2.75) is 39.5 Å². The second-order valence-corrected chi connectivity index (χ2v) is 5.48. The van der Waals surface area contributed by atoms with Crippen LogP contribution in [0.2, 0.25) is 0 Å². The number of hydrogen-bond acceptors (Lipinski definition) is 2. The Labute approximate surface area is 122 Å². The van der Waals surface area contributed by atoms with E-state index in [4.69, 9.17) is 4.74 Å². The van der Waals surface area contributed by atoms with Gasteiger partial charge in [-0.05, 0) is 24.3 Å². The molecule has 20 heavy (non-hydrogen) atoms. The van der Waals surface area contributed by atoms with E-state index in [-0.39, 0.29) is 11.8 Å². The summed E-state index contributed by atoms with van der Waals surface area (Å²) in [5.41, 5.74) is 1.09. The SMILES string of the molecule is CCC(C(=O)NCCCOCC(C)C)c1ccccc1. The number of amides is 1. The predicted octanol–water partition coefficient (Wildman–Crippen LogP) is 3.36. The average Bonchev–Trinajstić information content (AvgIpc) is 2.44. The second kappa shape index (κ2) is 9.54. The fourth-order valence-corrected chi connectivity index (χ4v) is 2.09. The first kappa shape index (κ1) is 16.7. The molecule has 1 amide bonds. The van der Waals surface area contributed by atoms with Crippen LogP contribution in [0.25, 0.3) is 0 Å². The third kappa shape index (κ3) is 6.20. The van der Waals surface area contributed by atoms with E-state index in [0.717, 1.165) is 25.0 Å². The van der Waals surface area contributed by atoms with E-state index >= 15 is 0 Å². The molecule has 0 radical (unpaired) electrons. The summed E-state index contributed by atoms with van der Waals surface area (Å²) in [6, 6.07) is 9.95. The lowest BCUT2D eigenvalue weighted by Gasteiger charge is -2.15. The highest BCUT2D eigenvalue weighted by atomic mass is 16.5. The van der Waals surface area contributed by atoms with Crippen molar-refractivity contribution in [1.82, 2.24) is 5.32 Å². The zero-order valence-electron chi connectivity index (χ0n) is 12.9. The molecule has 0 heterocycles. The summed E-state index contributed by atoms with van der Waals surface area (Å²) >= 11 is 0. The van der Waals surface area contributed by atoms with Crippen LogP contribution in [0.3, 0.4) is 0 Å². The first-order valence-corrected chi connectivity index (χ1v) is 7.55. The number of carbonyl (C=O) groups excluding carboxylic acids is 1. The molecular formula is C17H27NO2. The molecule has 3 heteroatoms. The van der Waals surface area contributed by atoms with Gasteiger partial charge in [0.05, 0.1) is 5.92 Å². The summed E-state index contributed by atoms with van der Waals surface area (Å²) in [7, 11) is 0. The molecule has 0 bridgehead atoms. The molecule has 1 N–H and O–H groups in total. The Kier molecular flexibility index (Phi) is 7.97. The van der Waals surface area contributed by atoms with Gasteiger partial charge in [-0.25, -0.2) is 0 Å². The molecule has 112 valence electrons. The lowest BCUT2D eigenvalue weighted by molar-refractivity contribution is -0.122. The maximum absolute atomic E-state index is 12.2. The largest absolute Gasteiger partial charge is 0.381 e. The van der Waals surface area contributed by atoms with E-state index in [1.165, 1.54) is 0 Å². The molecule has 1 aromatic carbocycles. The van der Waals surface area contributed by atoms with Crippen LogP contribution in [-0.4, -0.2) is 25.7 Å². The van der Waals surface area contributed by atoms with Crippen molar-refractivity contribution < 1.29 is 9.53 Å². The number of nitrogens with one attached hydrogen (secondary N) is 1. The van der Waals surface area contributed by atoms with E-state index in [0.29, 0.717) is 19.1 Å². The molecule has 0 fully saturated rings. The molecule has 0 saturated carbocycles. The van der Waals surface area contributed by atoms with E-state index in [2.05, 4.69) is 19.2 Å². The van der Waals surface area contributed by atoms with E-state index < -0.39 is 0 Å². The molecule has 1 atom stereocenters. The maximum Gasteiger partial charge on any atom is 0.227 e. The normalized spacial score (nSPS) is 12.4. The fraction of sp³-hybridized carbons (Fsp3) is 0.588. The standard InChI is InChI=1S/C17H27NO2/c1-4-16(15-9-6-5-7-10-15)17(19)18-11-8-12-20-13-14(2)3/h5-7,9-10,14,16H,4,8,11-13H2,1-3H3,(H,18,19). The van der Waals surface area contributed by atoms with Crippen molar-refractivity contribution in [2.75, 3.05) is 19.8 Å². The van der Waals surface area contributed by atoms with Crippen LogP contribution in [-0.2, 0) is 9.53 Å². The molecule has 0 aliphatic heterocycles. The van der Waals surface area contributed by atoms with E-state index in [1.807, 2.05) is 37.3 Å². The van der Waals surface area contributed by atoms with Crippen molar-refractivity contribution in [3.05, 3.63) is 35.9 Å². The number of carbonyl (C=O) groups is 1. The lowest BCUT2D eigenvalue weighted by Crippen LogP contribution is -2.30. The van der Waals surface area contributed by atoms with Gasteiger partial charge in [0.2, 0.25) is 5.91 Å². The molecule has 0 saturated heterocycles. The molecule has 1 rings (SSSR count). The van der Waals surface area contributed by atoms with Crippen LogP contribution < -0.4 is 5.32 Å². The Morgan fingerprint density at radius 3 is 2.55 bits per heavy atom. The van der Waals surface area contributed by atoms with Crippen LogP contribution in [0.15, 0.2) is 30.3 Å². The molecule has 3 nitrogen and oxygen atoms in total.